The second-order valence-electron chi connectivity index (χ2n) is 4.87. The van der Waals surface area contributed by atoms with Crippen LogP contribution >= 0.6 is 0 Å². The van der Waals surface area contributed by atoms with Gasteiger partial charge in [-0.05, 0) is 39.3 Å². The third kappa shape index (κ3) is 2.65. The van der Waals surface area contributed by atoms with Gasteiger partial charge in [0.25, 0.3) is 5.91 Å². The number of carbonyl (C=O) groups excluding carboxylic acids is 1. The van der Waals surface area contributed by atoms with Crippen molar-refractivity contribution in [2.75, 3.05) is 0 Å². The molecule has 2 aromatic rings. The van der Waals surface area contributed by atoms with Gasteiger partial charge in [-0.15, -0.1) is 0 Å². The van der Waals surface area contributed by atoms with Gasteiger partial charge in [0, 0.05) is 16.8 Å². The van der Waals surface area contributed by atoms with E-state index in [0.29, 0.717) is 5.56 Å². The first-order valence-corrected chi connectivity index (χ1v) is 6.30. The summed E-state index contributed by atoms with van der Waals surface area (Å²) in [5.41, 5.74) is 4.60. The van der Waals surface area contributed by atoms with E-state index in [-0.39, 0.29) is 5.91 Å². The van der Waals surface area contributed by atoms with E-state index >= 15 is 0 Å². The Balaban J connectivity index is 2.42. The molecule has 3 nitrogen and oxygen atoms in total. The predicted molar refractivity (Wildman–Crippen MR) is 76.4 cm³/mol. The quantitative estimate of drug-likeness (QED) is 0.788. The van der Waals surface area contributed by atoms with Crippen LogP contribution in [0.15, 0.2) is 42.5 Å². The van der Waals surface area contributed by atoms with Gasteiger partial charge in [-0.2, -0.15) is 5.10 Å². The minimum atomic E-state index is -0.0887. The van der Waals surface area contributed by atoms with Gasteiger partial charge < -0.3 is 0 Å². The maximum absolute atomic E-state index is 12.4. The zero-order valence-electron chi connectivity index (χ0n) is 11.6. The molecule has 0 spiro atoms. The molecule has 0 aliphatic heterocycles. The van der Waals surface area contributed by atoms with Gasteiger partial charge in [-0.1, -0.05) is 30.4 Å². The number of benzene rings is 1. The number of hydrogen-bond acceptors (Lipinski definition) is 2. The monoisotopic (exact) mass is 254 g/mol. The SMILES string of the molecule is C=C(C)Cc1c(C)nn(C(=O)c2ccccc2)c1C. The molecule has 0 fully saturated rings. The Morgan fingerprint density at radius 3 is 2.47 bits per heavy atom. The van der Waals surface area contributed by atoms with Crippen LogP contribution in [0.3, 0.4) is 0 Å². The molecule has 1 aromatic carbocycles. The first-order valence-electron chi connectivity index (χ1n) is 6.30. The topological polar surface area (TPSA) is 34.9 Å². The van der Waals surface area contributed by atoms with Crippen LogP contribution in [0.2, 0.25) is 0 Å². The highest BCUT2D eigenvalue weighted by molar-refractivity contribution is 5.95. The summed E-state index contributed by atoms with van der Waals surface area (Å²) in [6.07, 6.45) is 0.764. The summed E-state index contributed by atoms with van der Waals surface area (Å²) in [6.45, 7) is 9.76. The van der Waals surface area contributed by atoms with Crippen molar-refractivity contribution < 1.29 is 4.79 Å². The molecule has 0 aliphatic carbocycles. The summed E-state index contributed by atoms with van der Waals surface area (Å²) in [5, 5.41) is 4.37. The smallest absolute Gasteiger partial charge is 0.267 e. The second kappa shape index (κ2) is 5.22. The third-order valence-corrected chi connectivity index (χ3v) is 3.13. The largest absolute Gasteiger partial charge is 0.278 e. The molecule has 0 saturated heterocycles. The van der Waals surface area contributed by atoms with Crippen molar-refractivity contribution in [3.8, 4) is 0 Å². The maximum atomic E-state index is 12.4. The number of hydrogen-bond donors (Lipinski definition) is 0. The van der Waals surface area contributed by atoms with Crippen LogP contribution in [-0.2, 0) is 6.42 Å². The van der Waals surface area contributed by atoms with Crippen molar-refractivity contribution in [3.05, 3.63) is 65.0 Å². The molecule has 0 unspecified atom stereocenters. The zero-order chi connectivity index (χ0) is 14.0. The predicted octanol–water partition coefficient (Wildman–Crippen LogP) is 3.31. The molecule has 0 aliphatic rings. The summed E-state index contributed by atoms with van der Waals surface area (Å²) in [4.78, 5) is 12.4. The number of carbonyl (C=O) groups is 1. The molecule has 1 heterocycles. The van der Waals surface area contributed by atoms with E-state index in [9.17, 15) is 4.79 Å². The highest BCUT2D eigenvalue weighted by Gasteiger charge is 2.17. The number of aryl methyl sites for hydroxylation is 1. The normalized spacial score (nSPS) is 10.5. The molecule has 2 rings (SSSR count). The molecule has 0 N–H and O–H groups in total. The van der Waals surface area contributed by atoms with E-state index in [1.54, 1.807) is 12.1 Å². The Morgan fingerprint density at radius 2 is 1.89 bits per heavy atom. The molecule has 19 heavy (non-hydrogen) atoms. The molecular weight excluding hydrogens is 236 g/mol. The Labute approximate surface area is 113 Å². The molecule has 1 aromatic heterocycles. The van der Waals surface area contributed by atoms with E-state index in [1.807, 2.05) is 39.0 Å². The fourth-order valence-corrected chi connectivity index (χ4v) is 2.13. The lowest BCUT2D eigenvalue weighted by molar-refractivity contribution is 0.0942. The third-order valence-electron chi connectivity index (χ3n) is 3.13. The maximum Gasteiger partial charge on any atom is 0.278 e. The Bertz CT molecular complexity index is 624. The van der Waals surface area contributed by atoms with Crippen molar-refractivity contribution in [1.82, 2.24) is 9.78 Å². The highest BCUT2D eigenvalue weighted by Crippen LogP contribution is 2.17. The number of rotatable bonds is 3. The van der Waals surface area contributed by atoms with Crippen LogP contribution in [0.5, 0.6) is 0 Å². The van der Waals surface area contributed by atoms with E-state index < -0.39 is 0 Å². The Kier molecular flexibility index (Phi) is 3.65. The Hall–Kier alpha value is -2.16. The number of nitrogens with zero attached hydrogens (tertiary/aromatic N) is 2. The lowest BCUT2D eigenvalue weighted by atomic mass is 10.1. The van der Waals surface area contributed by atoms with Crippen LogP contribution in [0, 0.1) is 13.8 Å². The zero-order valence-corrected chi connectivity index (χ0v) is 11.6. The molecule has 0 amide bonds. The average molecular weight is 254 g/mol. The fraction of sp³-hybridized carbons (Fsp3) is 0.250. The van der Waals surface area contributed by atoms with Crippen molar-refractivity contribution >= 4 is 5.91 Å². The molecule has 98 valence electrons. The lowest BCUT2D eigenvalue weighted by Crippen LogP contribution is -2.15. The minimum absolute atomic E-state index is 0.0887. The van der Waals surface area contributed by atoms with E-state index in [2.05, 4.69) is 11.7 Å². The van der Waals surface area contributed by atoms with Gasteiger partial charge in [0.15, 0.2) is 0 Å². The van der Waals surface area contributed by atoms with Crippen LogP contribution in [0.1, 0.15) is 34.2 Å². The van der Waals surface area contributed by atoms with Crippen molar-refractivity contribution in [1.29, 1.82) is 0 Å². The lowest BCUT2D eigenvalue weighted by Gasteiger charge is -2.04. The first kappa shape index (κ1) is 13.3. The molecular formula is C16H18N2O. The summed E-state index contributed by atoms with van der Waals surface area (Å²) in [7, 11) is 0. The number of aromatic nitrogens is 2. The van der Waals surface area contributed by atoms with Crippen LogP contribution in [-0.4, -0.2) is 15.7 Å². The molecule has 0 saturated carbocycles. The fourth-order valence-electron chi connectivity index (χ4n) is 2.13. The van der Waals surface area contributed by atoms with Crippen molar-refractivity contribution in [2.24, 2.45) is 0 Å². The van der Waals surface area contributed by atoms with Crippen LogP contribution in [0.4, 0.5) is 0 Å². The molecule has 0 atom stereocenters. The van der Waals surface area contributed by atoms with Gasteiger partial charge in [0.05, 0.1) is 5.69 Å². The van der Waals surface area contributed by atoms with E-state index in [4.69, 9.17) is 0 Å². The second-order valence-corrected chi connectivity index (χ2v) is 4.87. The average Bonchev–Trinajstić information content (AvgIpc) is 2.66. The van der Waals surface area contributed by atoms with Crippen LogP contribution < -0.4 is 0 Å². The highest BCUT2D eigenvalue weighted by atomic mass is 16.2. The van der Waals surface area contributed by atoms with Gasteiger partial charge >= 0.3 is 0 Å². The minimum Gasteiger partial charge on any atom is -0.267 e. The van der Waals surface area contributed by atoms with E-state index in [0.717, 1.165) is 28.9 Å². The molecule has 3 heteroatoms. The Morgan fingerprint density at radius 1 is 1.26 bits per heavy atom. The van der Waals surface area contributed by atoms with E-state index in [1.165, 1.54) is 4.68 Å². The number of allylic oxidation sites excluding steroid dienone is 1. The summed E-state index contributed by atoms with van der Waals surface area (Å²) in [6, 6.07) is 9.21. The summed E-state index contributed by atoms with van der Waals surface area (Å²) < 4.78 is 1.49. The molecule has 0 bridgehead atoms. The van der Waals surface area contributed by atoms with Gasteiger partial charge in [0.1, 0.15) is 0 Å². The van der Waals surface area contributed by atoms with Gasteiger partial charge in [-0.25, -0.2) is 4.68 Å². The first-order chi connectivity index (χ1) is 9.00. The van der Waals surface area contributed by atoms with Crippen molar-refractivity contribution in [3.63, 3.8) is 0 Å². The summed E-state index contributed by atoms with van der Waals surface area (Å²) in [5.74, 6) is -0.0887. The molecule has 0 radical (unpaired) electrons. The van der Waals surface area contributed by atoms with Crippen LogP contribution in [0.25, 0.3) is 0 Å². The standard InChI is InChI=1S/C16H18N2O/c1-11(2)10-15-12(3)17-18(13(15)4)16(19)14-8-6-5-7-9-14/h5-9H,1,10H2,2-4H3. The van der Waals surface area contributed by atoms with Gasteiger partial charge in [0.2, 0.25) is 0 Å². The summed E-state index contributed by atoms with van der Waals surface area (Å²) >= 11 is 0. The van der Waals surface area contributed by atoms with Gasteiger partial charge in [-0.3, -0.25) is 4.79 Å². The van der Waals surface area contributed by atoms with Crippen molar-refractivity contribution in [2.45, 2.75) is 27.2 Å².